The van der Waals surface area contributed by atoms with Crippen LogP contribution in [0.3, 0.4) is 0 Å². The fraction of sp³-hybridized carbons (Fsp3) is 0.929. The summed E-state index contributed by atoms with van der Waals surface area (Å²) in [5.41, 5.74) is 0. The Kier molecular flexibility index (Phi) is 5.96. The van der Waals surface area contributed by atoms with Crippen molar-refractivity contribution in [3.63, 3.8) is 0 Å². The predicted octanol–water partition coefficient (Wildman–Crippen LogP) is 2.41. The fourth-order valence-corrected chi connectivity index (χ4v) is 2.65. The summed E-state index contributed by atoms with van der Waals surface area (Å²) in [6.07, 6.45) is 4.33. The van der Waals surface area contributed by atoms with Crippen LogP contribution in [0.2, 0.25) is 0 Å². The van der Waals surface area contributed by atoms with E-state index in [1.165, 1.54) is 0 Å². The molecule has 1 amide bonds. The fourth-order valence-electron chi connectivity index (χ4n) is 2.65. The molecule has 0 aromatic carbocycles. The summed E-state index contributed by atoms with van der Waals surface area (Å²) >= 11 is 0. The summed E-state index contributed by atoms with van der Waals surface area (Å²) < 4.78 is 0. The first-order valence-corrected chi connectivity index (χ1v) is 7.10. The molecule has 1 aliphatic rings. The van der Waals surface area contributed by atoms with Crippen LogP contribution in [-0.2, 0) is 4.79 Å². The van der Waals surface area contributed by atoms with Gasteiger partial charge in [0.1, 0.15) is 0 Å². The van der Waals surface area contributed by atoms with Crippen molar-refractivity contribution in [2.75, 3.05) is 13.1 Å². The molecule has 0 aromatic heterocycles. The molecule has 1 N–H and O–H groups in total. The van der Waals surface area contributed by atoms with Gasteiger partial charge in [0.25, 0.3) is 0 Å². The molecule has 1 saturated heterocycles. The lowest BCUT2D eigenvalue weighted by Crippen LogP contribution is -2.53. The van der Waals surface area contributed by atoms with Gasteiger partial charge in [-0.3, -0.25) is 4.79 Å². The lowest BCUT2D eigenvalue weighted by Gasteiger charge is -2.37. The van der Waals surface area contributed by atoms with Gasteiger partial charge in [-0.1, -0.05) is 20.8 Å². The third-order valence-electron chi connectivity index (χ3n) is 3.46. The van der Waals surface area contributed by atoms with Crippen LogP contribution in [0.5, 0.6) is 0 Å². The Hall–Kier alpha value is -0.570. The van der Waals surface area contributed by atoms with E-state index in [2.05, 4.69) is 37.9 Å². The number of hydrogen-bond acceptors (Lipinski definition) is 2. The number of nitrogens with one attached hydrogen (secondary N) is 1. The van der Waals surface area contributed by atoms with E-state index in [0.29, 0.717) is 17.9 Å². The molecular formula is C14H28N2O. The minimum absolute atomic E-state index is 0.0679. The molecule has 1 fully saturated rings. The second kappa shape index (κ2) is 7.00. The summed E-state index contributed by atoms with van der Waals surface area (Å²) in [7, 11) is 0. The SMILES string of the molecule is CCCNC1CCCN(C(C)CC(C)C)C1=O. The second-order valence-electron chi connectivity index (χ2n) is 5.66. The molecule has 1 rings (SSSR count). The smallest absolute Gasteiger partial charge is 0.239 e. The second-order valence-corrected chi connectivity index (χ2v) is 5.66. The molecule has 0 bridgehead atoms. The van der Waals surface area contributed by atoms with Crippen molar-refractivity contribution in [2.45, 2.75) is 65.5 Å². The van der Waals surface area contributed by atoms with E-state index in [1.807, 2.05) is 0 Å². The normalized spacial score (nSPS) is 23.2. The van der Waals surface area contributed by atoms with E-state index in [1.54, 1.807) is 0 Å². The molecule has 100 valence electrons. The maximum atomic E-state index is 12.3. The highest BCUT2D eigenvalue weighted by atomic mass is 16.2. The third kappa shape index (κ3) is 4.30. The number of amides is 1. The van der Waals surface area contributed by atoms with E-state index >= 15 is 0 Å². The van der Waals surface area contributed by atoms with E-state index in [0.717, 1.165) is 38.8 Å². The molecule has 2 unspecified atom stereocenters. The molecule has 3 heteroatoms. The zero-order valence-electron chi connectivity index (χ0n) is 11.8. The highest BCUT2D eigenvalue weighted by Crippen LogP contribution is 2.18. The van der Waals surface area contributed by atoms with Crippen LogP contribution < -0.4 is 5.32 Å². The van der Waals surface area contributed by atoms with Gasteiger partial charge >= 0.3 is 0 Å². The van der Waals surface area contributed by atoms with Crippen LogP contribution in [0.1, 0.15) is 53.4 Å². The van der Waals surface area contributed by atoms with Crippen molar-refractivity contribution in [3.05, 3.63) is 0 Å². The van der Waals surface area contributed by atoms with Crippen LogP contribution in [0.25, 0.3) is 0 Å². The number of likely N-dealkylation sites (tertiary alicyclic amines) is 1. The number of hydrogen-bond donors (Lipinski definition) is 1. The van der Waals surface area contributed by atoms with Crippen LogP contribution in [0.4, 0.5) is 0 Å². The Morgan fingerprint density at radius 2 is 2.12 bits per heavy atom. The standard InChI is InChI=1S/C14H28N2O/c1-5-8-15-13-7-6-9-16(14(13)17)12(4)10-11(2)3/h11-13,15H,5-10H2,1-4H3. The van der Waals surface area contributed by atoms with Gasteiger partial charge < -0.3 is 10.2 Å². The highest BCUT2D eigenvalue weighted by Gasteiger charge is 2.30. The molecule has 1 heterocycles. The number of carbonyl (C=O) groups excluding carboxylic acids is 1. The molecule has 1 aliphatic heterocycles. The topological polar surface area (TPSA) is 32.3 Å². The molecule has 17 heavy (non-hydrogen) atoms. The quantitative estimate of drug-likeness (QED) is 0.773. The van der Waals surface area contributed by atoms with Gasteiger partial charge in [0, 0.05) is 12.6 Å². The molecule has 3 nitrogen and oxygen atoms in total. The van der Waals surface area contributed by atoms with Gasteiger partial charge in [0.2, 0.25) is 5.91 Å². The van der Waals surface area contributed by atoms with Crippen molar-refractivity contribution in [1.82, 2.24) is 10.2 Å². The molecular weight excluding hydrogens is 212 g/mol. The van der Waals surface area contributed by atoms with Gasteiger partial charge in [0.15, 0.2) is 0 Å². The highest BCUT2D eigenvalue weighted by molar-refractivity contribution is 5.82. The maximum absolute atomic E-state index is 12.3. The average Bonchev–Trinajstić information content (AvgIpc) is 2.26. The summed E-state index contributed by atoms with van der Waals surface area (Å²) in [5.74, 6) is 0.972. The Morgan fingerprint density at radius 3 is 2.71 bits per heavy atom. The largest absolute Gasteiger partial charge is 0.339 e. The predicted molar refractivity (Wildman–Crippen MR) is 71.9 cm³/mol. The van der Waals surface area contributed by atoms with Crippen molar-refractivity contribution >= 4 is 5.91 Å². The maximum Gasteiger partial charge on any atom is 0.239 e. The van der Waals surface area contributed by atoms with E-state index < -0.39 is 0 Å². The Morgan fingerprint density at radius 1 is 1.41 bits per heavy atom. The first-order valence-electron chi connectivity index (χ1n) is 7.10. The summed E-state index contributed by atoms with van der Waals surface area (Å²) in [6, 6.07) is 0.451. The zero-order valence-corrected chi connectivity index (χ0v) is 11.8. The number of rotatable bonds is 6. The number of nitrogens with zero attached hydrogens (tertiary/aromatic N) is 1. The van der Waals surface area contributed by atoms with Gasteiger partial charge in [-0.2, -0.15) is 0 Å². The Balaban J connectivity index is 2.52. The van der Waals surface area contributed by atoms with Gasteiger partial charge in [-0.05, 0) is 45.1 Å². The molecule has 0 aliphatic carbocycles. The van der Waals surface area contributed by atoms with Crippen molar-refractivity contribution in [1.29, 1.82) is 0 Å². The minimum Gasteiger partial charge on any atom is -0.339 e. The Labute approximate surface area is 106 Å². The number of carbonyl (C=O) groups is 1. The van der Waals surface area contributed by atoms with Crippen molar-refractivity contribution < 1.29 is 4.79 Å². The average molecular weight is 240 g/mol. The van der Waals surface area contributed by atoms with E-state index in [4.69, 9.17) is 0 Å². The van der Waals surface area contributed by atoms with Gasteiger partial charge in [-0.25, -0.2) is 0 Å². The van der Waals surface area contributed by atoms with Gasteiger partial charge in [0.05, 0.1) is 6.04 Å². The summed E-state index contributed by atoms with van der Waals surface area (Å²) in [5, 5.41) is 3.37. The lowest BCUT2D eigenvalue weighted by atomic mass is 9.98. The van der Waals surface area contributed by atoms with Crippen molar-refractivity contribution in [2.24, 2.45) is 5.92 Å². The summed E-state index contributed by atoms with van der Waals surface area (Å²) in [6.45, 7) is 10.6. The zero-order chi connectivity index (χ0) is 12.8. The van der Waals surface area contributed by atoms with E-state index in [9.17, 15) is 4.79 Å². The Bertz CT molecular complexity index is 240. The van der Waals surface area contributed by atoms with E-state index in [-0.39, 0.29) is 6.04 Å². The molecule has 0 aromatic rings. The molecule has 0 saturated carbocycles. The van der Waals surface area contributed by atoms with Crippen LogP contribution >= 0.6 is 0 Å². The summed E-state index contributed by atoms with van der Waals surface area (Å²) in [4.78, 5) is 14.4. The molecule has 0 spiro atoms. The molecule has 0 radical (unpaired) electrons. The van der Waals surface area contributed by atoms with Crippen LogP contribution in [0, 0.1) is 5.92 Å². The van der Waals surface area contributed by atoms with Crippen LogP contribution in [0.15, 0.2) is 0 Å². The van der Waals surface area contributed by atoms with Gasteiger partial charge in [-0.15, -0.1) is 0 Å². The monoisotopic (exact) mass is 240 g/mol. The van der Waals surface area contributed by atoms with Crippen molar-refractivity contribution in [3.8, 4) is 0 Å². The number of piperidine rings is 1. The minimum atomic E-state index is 0.0679. The molecule has 2 atom stereocenters. The third-order valence-corrected chi connectivity index (χ3v) is 3.46. The van der Waals surface area contributed by atoms with Crippen LogP contribution in [-0.4, -0.2) is 36.0 Å². The first-order chi connectivity index (χ1) is 8.06. The first kappa shape index (κ1) is 14.5. The lowest BCUT2D eigenvalue weighted by molar-refractivity contribution is -0.138.